The predicted molar refractivity (Wildman–Crippen MR) is 79.0 cm³/mol. The monoisotopic (exact) mass is 257 g/mol. The summed E-state index contributed by atoms with van der Waals surface area (Å²) in [6.07, 6.45) is 4.86. The van der Waals surface area contributed by atoms with Crippen LogP contribution < -0.4 is 0 Å². The van der Waals surface area contributed by atoms with Crippen LogP contribution in [-0.2, 0) is 4.43 Å². The Kier molecular flexibility index (Phi) is 4.04. The summed E-state index contributed by atoms with van der Waals surface area (Å²) in [5, 5.41) is 0.364. The summed E-state index contributed by atoms with van der Waals surface area (Å²) in [5.74, 6) is 0. The quantitative estimate of drug-likeness (QED) is 0.592. The molecule has 0 amide bonds. The molecule has 0 aliphatic heterocycles. The number of hydrogen-bond acceptors (Lipinski definition) is 1. The van der Waals surface area contributed by atoms with Gasteiger partial charge in [-0.25, -0.2) is 0 Å². The smallest absolute Gasteiger partial charge is 0.205 e. The van der Waals surface area contributed by atoms with E-state index in [0.29, 0.717) is 5.54 Å². The fourth-order valence-corrected chi connectivity index (χ4v) is 11.4. The van der Waals surface area contributed by atoms with Crippen molar-refractivity contribution in [1.82, 2.24) is 0 Å². The molecule has 2 unspecified atom stereocenters. The van der Waals surface area contributed by atoms with Gasteiger partial charge >= 0.3 is 0 Å². The summed E-state index contributed by atoms with van der Waals surface area (Å²) in [5.41, 5.74) is 0.483. The SMILES string of the molecule is [2H]C1CCCCC1[Si](OC)(C(C)(C)C)C(C)(C)C. The third-order valence-electron chi connectivity index (χ3n) is 4.49. The highest BCUT2D eigenvalue weighted by atomic mass is 28.4. The van der Waals surface area contributed by atoms with Crippen LogP contribution in [0.25, 0.3) is 0 Å². The normalized spacial score (nSPS) is 29.0. The lowest BCUT2D eigenvalue weighted by atomic mass is 10.00. The molecule has 0 spiro atoms. The van der Waals surface area contributed by atoms with Crippen molar-refractivity contribution >= 4 is 8.32 Å². The summed E-state index contributed by atoms with van der Waals surface area (Å²) in [7, 11) is -0.116. The van der Waals surface area contributed by atoms with Crippen molar-refractivity contribution in [2.45, 2.75) is 89.2 Å². The molecule has 1 rings (SSSR count). The molecule has 1 fully saturated rings. The summed E-state index contributed by atoms with van der Waals surface area (Å²) in [4.78, 5) is 0. The van der Waals surface area contributed by atoms with Crippen LogP contribution in [-0.4, -0.2) is 15.4 Å². The Bertz CT molecular complexity index is 263. The van der Waals surface area contributed by atoms with Crippen molar-refractivity contribution in [3.63, 3.8) is 0 Å². The molecule has 102 valence electrons. The fourth-order valence-electron chi connectivity index (χ4n) is 4.32. The highest BCUT2D eigenvalue weighted by Gasteiger charge is 2.58. The second-order valence-electron chi connectivity index (χ2n) is 7.57. The first-order valence-electron chi connectivity index (χ1n) is 7.63. The molecule has 0 saturated heterocycles. The molecule has 17 heavy (non-hydrogen) atoms. The van der Waals surface area contributed by atoms with Crippen LogP contribution >= 0.6 is 0 Å². The zero-order valence-corrected chi connectivity index (χ0v) is 13.9. The van der Waals surface area contributed by atoms with E-state index in [-0.39, 0.29) is 16.5 Å². The Hall–Kier alpha value is 0.177. The Morgan fingerprint density at radius 2 is 1.53 bits per heavy atom. The molecule has 1 aliphatic rings. The highest BCUT2D eigenvalue weighted by molar-refractivity contribution is 6.80. The van der Waals surface area contributed by atoms with Gasteiger partial charge in [0.25, 0.3) is 0 Å². The van der Waals surface area contributed by atoms with E-state index in [1.165, 1.54) is 19.3 Å². The molecule has 0 N–H and O–H groups in total. The molecule has 1 nitrogen and oxygen atoms in total. The van der Waals surface area contributed by atoms with E-state index >= 15 is 0 Å². The Labute approximate surface area is 111 Å². The van der Waals surface area contributed by atoms with Crippen LogP contribution in [0, 0.1) is 0 Å². The van der Waals surface area contributed by atoms with Crippen LogP contribution in [0.3, 0.4) is 0 Å². The Balaban J connectivity index is 3.26. The van der Waals surface area contributed by atoms with E-state index in [1.807, 2.05) is 7.11 Å². The van der Waals surface area contributed by atoms with Crippen LogP contribution in [0.1, 0.15) is 75.0 Å². The van der Waals surface area contributed by atoms with Crippen molar-refractivity contribution in [3.05, 3.63) is 0 Å². The van der Waals surface area contributed by atoms with Crippen molar-refractivity contribution in [2.24, 2.45) is 0 Å². The van der Waals surface area contributed by atoms with Crippen molar-refractivity contribution in [1.29, 1.82) is 0 Å². The zero-order valence-electron chi connectivity index (χ0n) is 13.9. The summed E-state index contributed by atoms with van der Waals surface area (Å²) in [6.45, 7) is 14.0. The lowest BCUT2D eigenvalue weighted by molar-refractivity contribution is 0.291. The van der Waals surface area contributed by atoms with E-state index in [4.69, 9.17) is 5.80 Å². The molecule has 2 heteroatoms. The molecule has 2 atom stereocenters. The van der Waals surface area contributed by atoms with Crippen LogP contribution in [0.4, 0.5) is 0 Å². The van der Waals surface area contributed by atoms with Gasteiger partial charge in [-0.15, -0.1) is 0 Å². The topological polar surface area (TPSA) is 9.23 Å². The molecular weight excluding hydrogens is 224 g/mol. The van der Waals surface area contributed by atoms with Gasteiger partial charge in [-0.1, -0.05) is 73.6 Å². The minimum atomic E-state index is -2.02. The van der Waals surface area contributed by atoms with Gasteiger partial charge in [0, 0.05) is 8.48 Å². The second kappa shape index (κ2) is 5.04. The van der Waals surface area contributed by atoms with Gasteiger partial charge in [-0.3, -0.25) is 0 Å². The van der Waals surface area contributed by atoms with Gasteiger partial charge in [0.2, 0.25) is 8.32 Å². The van der Waals surface area contributed by atoms with Crippen molar-refractivity contribution < 1.29 is 5.80 Å². The minimum absolute atomic E-state index is 0.0869. The maximum Gasteiger partial charge on any atom is 0.205 e. The third kappa shape index (κ3) is 2.63. The maximum absolute atomic E-state index is 8.50. The lowest BCUT2D eigenvalue weighted by Gasteiger charge is -2.55. The summed E-state index contributed by atoms with van der Waals surface area (Å²) < 4.78 is 14.8. The predicted octanol–water partition coefficient (Wildman–Crippen LogP) is 5.51. The molecule has 0 aromatic rings. The molecule has 0 bridgehead atoms. The largest absolute Gasteiger partial charge is 0.419 e. The summed E-state index contributed by atoms with van der Waals surface area (Å²) >= 11 is 0. The molecule has 1 saturated carbocycles. The Morgan fingerprint density at radius 3 is 1.88 bits per heavy atom. The number of hydrogen-bond donors (Lipinski definition) is 0. The zero-order chi connectivity index (χ0) is 14.2. The molecule has 0 aromatic carbocycles. The van der Waals surface area contributed by atoms with Crippen LogP contribution in [0.15, 0.2) is 0 Å². The van der Waals surface area contributed by atoms with Crippen LogP contribution in [0.5, 0.6) is 0 Å². The van der Waals surface area contributed by atoms with Gasteiger partial charge in [-0.05, 0) is 15.6 Å². The first-order valence-corrected chi connectivity index (χ1v) is 9.04. The fraction of sp³-hybridized carbons (Fsp3) is 1.00. The molecule has 1 aliphatic carbocycles. The van der Waals surface area contributed by atoms with E-state index in [9.17, 15) is 0 Å². The lowest BCUT2D eigenvalue weighted by Crippen LogP contribution is -2.57. The van der Waals surface area contributed by atoms with Gasteiger partial charge in [-0.2, -0.15) is 0 Å². The molecular formula is C15H32OSi. The average Bonchev–Trinajstić information content (AvgIpc) is 2.18. The first-order chi connectivity index (χ1) is 8.08. The van der Waals surface area contributed by atoms with E-state index in [2.05, 4.69) is 41.5 Å². The average molecular weight is 258 g/mol. The minimum Gasteiger partial charge on any atom is -0.419 e. The van der Waals surface area contributed by atoms with Gasteiger partial charge < -0.3 is 4.43 Å². The maximum atomic E-state index is 8.50. The molecule has 0 heterocycles. The first kappa shape index (κ1) is 13.6. The van der Waals surface area contributed by atoms with Gasteiger partial charge in [0.15, 0.2) is 0 Å². The van der Waals surface area contributed by atoms with Crippen molar-refractivity contribution in [3.8, 4) is 0 Å². The molecule has 0 aromatic heterocycles. The van der Waals surface area contributed by atoms with E-state index < -0.39 is 8.32 Å². The third-order valence-corrected chi connectivity index (χ3v) is 11.2. The standard InChI is InChI=1S/C15H32OSi/c1-14(2,3)17(16-7,15(4,5)6)13-11-9-8-10-12-13/h13H,8-12H2,1-7H3/i11D. The Morgan fingerprint density at radius 1 is 1.00 bits per heavy atom. The summed E-state index contributed by atoms with van der Waals surface area (Å²) in [6, 6.07) is 0. The highest BCUT2D eigenvalue weighted by Crippen LogP contribution is 2.60. The van der Waals surface area contributed by atoms with E-state index in [1.54, 1.807) is 0 Å². The van der Waals surface area contributed by atoms with Crippen LogP contribution in [0.2, 0.25) is 15.6 Å². The second-order valence-corrected chi connectivity index (χ2v) is 13.2. The van der Waals surface area contributed by atoms with Gasteiger partial charge in [0.1, 0.15) is 0 Å². The number of rotatable bonds is 2. The molecule has 0 radical (unpaired) electrons. The van der Waals surface area contributed by atoms with Gasteiger partial charge in [0.05, 0.1) is 0 Å². The van der Waals surface area contributed by atoms with Crippen molar-refractivity contribution in [2.75, 3.05) is 7.11 Å². The van der Waals surface area contributed by atoms with E-state index in [0.717, 1.165) is 6.42 Å².